The van der Waals surface area contributed by atoms with Gasteiger partial charge in [-0.2, -0.15) is 40.6 Å². The van der Waals surface area contributed by atoms with Gasteiger partial charge in [0.15, 0.2) is 25.0 Å². The zero-order valence-corrected chi connectivity index (χ0v) is 33.1. The van der Waals surface area contributed by atoms with Crippen molar-refractivity contribution in [3.8, 4) is 0 Å². The Labute approximate surface area is 332 Å². The predicted octanol–water partition coefficient (Wildman–Crippen LogP) is -0.315. The van der Waals surface area contributed by atoms with Crippen molar-refractivity contribution in [3.05, 3.63) is 110 Å². The molecule has 4 rings (SSSR count). The molecule has 0 fully saturated rings. The van der Waals surface area contributed by atoms with Crippen LogP contribution < -0.4 is 32.4 Å². The minimum Gasteiger partial charge on any atom is -0.478 e. The third kappa shape index (κ3) is 13.2. The summed E-state index contributed by atoms with van der Waals surface area (Å²) in [7, 11) is -23.4. The van der Waals surface area contributed by atoms with Crippen LogP contribution in [0.5, 0.6) is 0 Å². The number of hydrogen-bond donors (Lipinski definition) is 6. The number of carboxylic acids is 1. The maximum Gasteiger partial charge on any atom is 0.397 e. The lowest BCUT2D eigenvalue weighted by Gasteiger charge is -2.07. The Morgan fingerprint density at radius 3 is 1.58 bits per heavy atom. The molecule has 0 spiro atoms. The van der Waals surface area contributed by atoms with Crippen LogP contribution in [-0.4, -0.2) is 91.5 Å². The van der Waals surface area contributed by atoms with Crippen molar-refractivity contribution in [1.82, 2.24) is 0 Å². The smallest absolute Gasteiger partial charge is 0.397 e. The summed E-state index contributed by atoms with van der Waals surface area (Å²) in [5.41, 5.74) is 1.30. The highest BCUT2D eigenvalue weighted by molar-refractivity contribution is 7.92. The van der Waals surface area contributed by atoms with E-state index in [1.54, 1.807) is 0 Å². The van der Waals surface area contributed by atoms with Crippen molar-refractivity contribution in [2.24, 2.45) is 20.4 Å². The number of benzene rings is 4. The Morgan fingerprint density at radius 2 is 1.08 bits per heavy atom. The fourth-order valence-corrected chi connectivity index (χ4v) is 8.12. The minimum absolute atomic E-state index is 0.0372. The highest BCUT2D eigenvalue weighted by Gasteiger charge is 2.23. The third-order valence-corrected chi connectivity index (χ3v) is 12.3. The number of anilines is 2. The number of nitrogens with one attached hydrogen (secondary N) is 2. The number of hydrogen-bond acceptors (Lipinski definition) is 21. The predicted molar refractivity (Wildman–Crippen MR) is 199 cm³/mol. The summed E-state index contributed by atoms with van der Waals surface area (Å²) < 4.78 is 151. The maximum absolute atomic E-state index is 13.2. The summed E-state index contributed by atoms with van der Waals surface area (Å²) in [6, 6.07) is 12.5. The maximum atomic E-state index is 13.2. The summed E-state index contributed by atoms with van der Waals surface area (Å²) in [4.78, 5) is 35.8. The van der Waals surface area contributed by atoms with Crippen LogP contribution in [0, 0.1) is 0 Å². The zero-order valence-electron chi connectivity index (χ0n) is 29.0. The van der Waals surface area contributed by atoms with Gasteiger partial charge in [0.1, 0.15) is 15.9 Å². The van der Waals surface area contributed by atoms with E-state index in [-0.39, 0.29) is 22.0 Å². The largest absolute Gasteiger partial charge is 0.478 e. The summed E-state index contributed by atoms with van der Waals surface area (Å²) in [6.07, 6.45) is 0. The van der Waals surface area contributed by atoms with E-state index in [0.717, 1.165) is 36.4 Å². The average molecular weight is 923 g/mol. The van der Waals surface area contributed by atoms with Gasteiger partial charge in [-0.05, 0) is 66.7 Å². The fraction of sp³-hybridized carbons (Fsp3) is 0.138. The van der Waals surface area contributed by atoms with Gasteiger partial charge >= 0.3 is 26.8 Å². The van der Waals surface area contributed by atoms with Crippen LogP contribution in [-0.2, 0) is 59.0 Å². The van der Waals surface area contributed by atoms with Gasteiger partial charge in [0.2, 0.25) is 10.9 Å². The first-order valence-electron chi connectivity index (χ1n) is 15.4. The van der Waals surface area contributed by atoms with E-state index in [1.807, 2.05) is 0 Å². The van der Waals surface area contributed by atoms with Crippen LogP contribution in [0.4, 0.5) is 22.7 Å². The Balaban J connectivity index is 1.55. The lowest BCUT2D eigenvalue weighted by molar-refractivity contribution is 0.0694. The molecule has 25 nitrogen and oxygen atoms in total. The molecule has 0 unspecified atom stereocenters. The minimum atomic E-state index is -5.10. The molecule has 0 aliphatic carbocycles. The van der Waals surface area contributed by atoms with E-state index in [9.17, 15) is 66.1 Å². The molecule has 0 bridgehead atoms. The molecular formula is C29H26N6O19S5. The van der Waals surface area contributed by atoms with Crippen molar-refractivity contribution in [1.29, 1.82) is 0 Å². The molecule has 316 valence electrons. The molecule has 59 heavy (non-hydrogen) atoms. The van der Waals surface area contributed by atoms with E-state index < -0.39 is 124 Å². The van der Waals surface area contributed by atoms with Crippen molar-refractivity contribution >= 4 is 79.3 Å². The molecule has 0 atom stereocenters. The van der Waals surface area contributed by atoms with Crippen molar-refractivity contribution < 1.29 is 74.0 Å². The molecule has 4 aromatic carbocycles. The Kier molecular flexibility index (Phi) is 14.1. The van der Waals surface area contributed by atoms with Crippen LogP contribution in [0.2, 0.25) is 0 Å². The van der Waals surface area contributed by atoms with Gasteiger partial charge in [-0.15, -0.1) is 5.11 Å². The van der Waals surface area contributed by atoms with Crippen LogP contribution in [0.25, 0.3) is 0 Å². The second kappa shape index (κ2) is 18.1. The van der Waals surface area contributed by atoms with E-state index in [0.29, 0.717) is 12.1 Å². The van der Waals surface area contributed by atoms with E-state index in [1.165, 1.54) is 24.3 Å². The fourth-order valence-electron chi connectivity index (χ4n) is 4.40. The SMILES string of the molecule is O=C(O)c1cc(=O)c(=NNc2ccc(N=Nc3ccc(S(=O)(=O)CCOS(=O)(=O)O)cc3S(=O)(=O)O)cc2)c(=O)c1=NNc1ccc(S(=O)(=O)CCOS(=O)(=O)O)cc1. The lowest BCUT2D eigenvalue weighted by atomic mass is 10.2. The summed E-state index contributed by atoms with van der Waals surface area (Å²) >= 11 is 0. The second-order valence-electron chi connectivity index (χ2n) is 11.2. The molecule has 30 heteroatoms. The van der Waals surface area contributed by atoms with E-state index in [2.05, 4.69) is 39.6 Å². The standard InChI is InChI=1S/C29H26N6O19S5/c36-24-16-22(29(38)39)26(34-31-19-5-7-20(8-6-19)55(40,41)13-11-53-58(47,48)49)28(37)27(24)35-32-18-3-1-17(2-4-18)30-33-23-10-9-21(15-25(23)57(44,45)46)56(42,43)14-12-54-59(50,51)52/h1-10,15-16,31-32H,11-14H2,(H,38,39)(H,44,45,46)(H,47,48,49)(H,50,51,52). The molecule has 0 aliphatic heterocycles. The van der Waals surface area contributed by atoms with Crippen LogP contribution in [0.15, 0.2) is 118 Å². The van der Waals surface area contributed by atoms with Gasteiger partial charge in [0, 0.05) is 6.07 Å². The molecule has 4 aromatic rings. The number of carboxylic acid groups (broad SMARTS) is 1. The second-order valence-corrected chi connectivity index (χ2v) is 19.0. The molecule has 0 radical (unpaired) electrons. The number of aromatic carboxylic acids is 1. The van der Waals surface area contributed by atoms with Gasteiger partial charge in [-0.25, -0.2) is 30.0 Å². The normalized spacial score (nSPS) is 13.5. The summed E-state index contributed by atoms with van der Waals surface area (Å²) in [5, 5.41) is 23.1. The van der Waals surface area contributed by atoms with Gasteiger partial charge < -0.3 is 5.11 Å². The number of carbonyl (C=O) groups is 1. The molecule has 0 saturated heterocycles. The first kappa shape index (κ1) is 46.0. The molecule has 0 amide bonds. The number of sulfone groups is 2. The van der Waals surface area contributed by atoms with Gasteiger partial charge in [0.25, 0.3) is 10.1 Å². The van der Waals surface area contributed by atoms with Crippen molar-refractivity contribution in [2.75, 3.05) is 35.6 Å². The van der Waals surface area contributed by atoms with Crippen LogP contribution in [0.1, 0.15) is 10.4 Å². The molecule has 0 saturated carbocycles. The van der Waals surface area contributed by atoms with E-state index >= 15 is 0 Å². The number of azo groups is 1. The van der Waals surface area contributed by atoms with Crippen LogP contribution >= 0.6 is 0 Å². The molecule has 0 heterocycles. The molecule has 6 N–H and O–H groups in total. The molecular weight excluding hydrogens is 897 g/mol. The zero-order chi connectivity index (χ0) is 44.0. The Bertz CT molecular complexity index is 3110. The number of nitrogens with zero attached hydrogens (tertiary/aromatic N) is 4. The van der Waals surface area contributed by atoms with Gasteiger partial charge in [-0.1, -0.05) is 0 Å². The monoisotopic (exact) mass is 922 g/mol. The number of rotatable bonds is 18. The highest BCUT2D eigenvalue weighted by atomic mass is 32.3. The first-order chi connectivity index (χ1) is 27.3. The Hall–Kier alpha value is -5.70. The third-order valence-electron chi connectivity index (χ3n) is 7.11. The van der Waals surface area contributed by atoms with Crippen molar-refractivity contribution in [2.45, 2.75) is 14.7 Å². The molecule has 0 aliphatic rings. The summed E-state index contributed by atoms with van der Waals surface area (Å²) in [6.45, 7) is -1.88. The Morgan fingerprint density at radius 1 is 0.610 bits per heavy atom. The van der Waals surface area contributed by atoms with E-state index in [4.69, 9.17) is 9.11 Å². The lowest BCUT2D eigenvalue weighted by Crippen LogP contribution is -2.50. The summed E-state index contributed by atoms with van der Waals surface area (Å²) in [5.74, 6) is -3.52. The van der Waals surface area contributed by atoms with Gasteiger partial charge in [-0.3, -0.25) is 34.1 Å². The average Bonchev–Trinajstić information content (AvgIpc) is 3.12. The molecule has 0 aromatic heterocycles. The van der Waals surface area contributed by atoms with Crippen LogP contribution in [0.3, 0.4) is 0 Å². The first-order valence-corrected chi connectivity index (χ1v) is 22.9. The highest BCUT2D eigenvalue weighted by Crippen LogP contribution is 2.30. The topological polar surface area (TPSA) is 395 Å². The van der Waals surface area contributed by atoms with Crippen molar-refractivity contribution in [3.63, 3.8) is 0 Å². The van der Waals surface area contributed by atoms with Gasteiger partial charge in [0.05, 0.1) is 57.1 Å². The quantitative estimate of drug-likeness (QED) is 0.0423.